The number of pyridine rings is 1. The lowest BCUT2D eigenvalue weighted by atomic mass is 9.99. The quantitative estimate of drug-likeness (QED) is 0.167. The first-order chi connectivity index (χ1) is 27.8. The van der Waals surface area contributed by atoms with Crippen LogP contribution >= 0.6 is 0 Å². The Hall–Kier alpha value is -7.70. The summed E-state index contributed by atoms with van der Waals surface area (Å²) >= 11 is 0. The molecule has 6 nitrogen and oxygen atoms in total. The number of nitrogens with zero attached hydrogens (tertiary/aromatic N) is 6. The van der Waals surface area contributed by atoms with E-state index >= 15 is 0 Å². The maximum absolute atomic E-state index is 4.98. The first kappa shape index (κ1) is 30.7. The second kappa shape index (κ2) is 11.9. The Morgan fingerprint density at radius 1 is 0.357 bits per heavy atom. The van der Waals surface area contributed by atoms with Gasteiger partial charge in [-0.05, 0) is 64.7 Å². The Labute approximate surface area is 321 Å². The molecule has 0 aliphatic rings. The Bertz CT molecular complexity index is 3400. The topological polar surface area (TPSA) is 61.4 Å². The molecule has 4 heterocycles. The van der Waals surface area contributed by atoms with Crippen molar-refractivity contribution >= 4 is 65.2 Å². The summed E-state index contributed by atoms with van der Waals surface area (Å²) in [7, 11) is 0. The highest BCUT2D eigenvalue weighted by Crippen LogP contribution is 2.45. The molecule has 0 saturated heterocycles. The van der Waals surface area contributed by atoms with Gasteiger partial charge in [0.1, 0.15) is 5.82 Å². The molecule has 0 bridgehead atoms. The van der Waals surface area contributed by atoms with Gasteiger partial charge in [-0.25, -0.2) is 19.9 Å². The summed E-state index contributed by atoms with van der Waals surface area (Å²) in [5.41, 5.74) is 8.66. The van der Waals surface area contributed by atoms with Crippen molar-refractivity contribution in [1.29, 1.82) is 0 Å². The molecule has 8 aromatic carbocycles. The molecule has 0 spiro atoms. The highest BCUT2D eigenvalue weighted by Gasteiger charge is 2.23. The molecule has 4 aromatic heterocycles. The molecule has 56 heavy (non-hydrogen) atoms. The van der Waals surface area contributed by atoms with Crippen LogP contribution in [0.1, 0.15) is 0 Å². The van der Waals surface area contributed by atoms with Gasteiger partial charge in [-0.15, -0.1) is 0 Å². The van der Waals surface area contributed by atoms with Crippen LogP contribution in [0.25, 0.3) is 111 Å². The highest BCUT2D eigenvalue weighted by atomic mass is 15.1. The molecule has 12 aromatic rings. The fraction of sp³-hybridized carbons (Fsp3) is 0. The van der Waals surface area contributed by atoms with E-state index in [0.29, 0.717) is 17.5 Å². The summed E-state index contributed by atoms with van der Waals surface area (Å²) in [6, 6.07) is 61.9. The minimum atomic E-state index is 0.644. The SMILES string of the molecule is c1ccc(-c2nc(-c3ccccc3)nc(-c3ccc4cc(-n5c6cccc7ccc8c(c76)c5cc5c6ccccc6n(-c6ccccn6)c58)ccc4c3)n2)cc1. The van der Waals surface area contributed by atoms with Crippen LogP contribution in [0.2, 0.25) is 0 Å². The Morgan fingerprint density at radius 3 is 1.79 bits per heavy atom. The molecule has 0 aliphatic heterocycles. The molecule has 0 atom stereocenters. The predicted molar refractivity (Wildman–Crippen MR) is 229 cm³/mol. The third-order valence-electron chi connectivity index (χ3n) is 11.1. The van der Waals surface area contributed by atoms with Crippen LogP contribution in [0.15, 0.2) is 182 Å². The van der Waals surface area contributed by atoms with Crippen molar-refractivity contribution in [3.8, 4) is 45.7 Å². The van der Waals surface area contributed by atoms with Crippen LogP contribution in [0.5, 0.6) is 0 Å². The third-order valence-corrected chi connectivity index (χ3v) is 11.1. The van der Waals surface area contributed by atoms with Crippen LogP contribution in [0.3, 0.4) is 0 Å². The maximum atomic E-state index is 4.98. The molecule has 260 valence electrons. The van der Waals surface area contributed by atoms with Crippen molar-refractivity contribution in [1.82, 2.24) is 29.1 Å². The van der Waals surface area contributed by atoms with E-state index in [4.69, 9.17) is 19.9 Å². The smallest absolute Gasteiger partial charge is 0.164 e. The number of para-hydroxylation sites is 1. The minimum absolute atomic E-state index is 0.644. The van der Waals surface area contributed by atoms with E-state index in [1.807, 2.05) is 72.9 Å². The maximum Gasteiger partial charge on any atom is 0.164 e. The molecule has 0 fully saturated rings. The zero-order valence-corrected chi connectivity index (χ0v) is 30.0. The van der Waals surface area contributed by atoms with Crippen LogP contribution in [-0.2, 0) is 0 Å². The molecular formula is C50H30N6. The fourth-order valence-electron chi connectivity index (χ4n) is 8.65. The lowest BCUT2D eigenvalue weighted by Crippen LogP contribution is -2.00. The summed E-state index contributed by atoms with van der Waals surface area (Å²) in [6.45, 7) is 0. The number of rotatable bonds is 5. The van der Waals surface area contributed by atoms with Crippen molar-refractivity contribution < 1.29 is 0 Å². The van der Waals surface area contributed by atoms with Gasteiger partial charge in [0.15, 0.2) is 17.5 Å². The van der Waals surface area contributed by atoms with E-state index in [1.165, 1.54) is 48.9 Å². The lowest BCUT2D eigenvalue weighted by Gasteiger charge is -2.12. The molecule has 0 saturated carbocycles. The highest BCUT2D eigenvalue weighted by molar-refractivity contribution is 6.32. The van der Waals surface area contributed by atoms with Gasteiger partial charge in [-0.3, -0.25) is 4.57 Å². The summed E-state index contributed by atoms with van der Waals surface area (Å²) in [6.07, 6.45) is 1.87. The van der Waals surface area contributed by atoms with E-state index in [-0.39, 0.29) is 0 Å². The molecule has 0 radical (unpaired) electrons. The summed E-state index contributed by atoms with van der Waals surface area (Å²) in [5.74, 6) is 2.86. The Balaban J connectivity index is 1.06. The van der Waals surface area contributed by atoms with E-state index in [2.05, 4.69) is 118 Å². The van der Waals surface area contributed by atoms with Gasteiger partial charge in [0.2, 0.25) is 0 Å². The summed E-state index contributed by atoms with van der Waals surface area (Å²) < 4.78 is 4.77. The van der Waals surface area contributed by atoms with E-state index < -0.39 is 0 Å². The molecule has 0 amide bonds. The molecule has 0 N–H and O–H groups in total. The van der Waals surface area contributed by atoms with E-state index in [0.717, 1.165) is 44.5 Å². The van der Waals surface area contributed by atoms with Gasteiger partial charge in [0.05, 0.1) is 22.1 Å². The Morgan fingerprint density at radius 2 is 1.02 bits per heavy atom. The zero-order chi connectivity index (χ0) is 36.7. The number of aromatic nitrogens is 6. The van der Waals surface area contributed by atoms with Gasteiger partial charge in [-0.2, -0.15) is 0 Å². The van der Waals surface area contributed by atoms with Crippen molar-refractivity contribution in [3.63, 3.8) is 0 Å². The van der Waals surface area contributed by atoms with Gasteiger partial charge in [0.25, 0.3) is 0 Å². The lowest BCUT2D eigenvalue weighted by molar-refractivity contribution is 1.07. The largest absolute Gasteiger partial charge is 0.309 e. The summed E-state index contributed by atoms with van der Waals surface area (Å²) in [4.78, 5) is 19.7. The van der Waals surface area contributed by atoms with Crippen LogP contribution < -0.4 is 0 Å². The molecule has 0 aliphatic carbocycles. The van der Waals surface area contributed by atoms with Crippen molar-refractivity contribution in [2.75, 3.05) is 0 Å². The summed E-state index contributed by atoms with van der Waals surface area (Å²) in [5, 5.41) is 9.64. The number of hydrogen-bond donors (Lipinski definition) is 0. The second-order valence-corrected chi connectivity index (χ2v) is 14.3. The standard InChI is InChI=1S/C50H30N6/c1-3-12-32(13-4-1)48-52-49(33-14-5-2-6-15-33)54-50(53-48)36-22-21-35-29-37(25-23-34(35)28-36)55-42-19-11-16-31-24-26-39-46(45(31)42)43(55)30-40-38-17-7-8-18-41(38)56(47(39)40)44-20-9-10-27-51-44/h1-30H. The van der Waals surface area contributed by atoms with Crippen LogP contribution in [-0.4, -0.2) is 29.1 Å². The second-order valence-electron chi connectivity index (χ2n) is 14.3. The van der Waals surface area contributed by atoms with Crippen molar-refractivity contribution in [3.05, 3.63) is 182 Å². The predicted octanol–water partition coefficient (Wildman–Crippen LogP) is 12.2. The van der Waals surface area contributed by atoms with E-state index in [1.54, 1.807) is 0 Å². The number of benzene rings is 8. The normalized spacial score (nSPS) is 11.9. The van der Waals surface area contributed by atoms with Crippen molar-refractivity contribution in [2.45, 2.75) is 0 Å². The fourth-order valence-corrected chi connectivity index (χ4v) is 8.65. The minimum Gasteiger partial charge on any atom is -0.309 e. The average molecular weight is 715 g/mol. The molecule has 12 rings (SSSR count). The van der Waals surface area contributed by atoms with Gasteiger partial charge in [-0.1, -0.05) is 127 Å². The van der Waals surface area contributed by atoms with Crippen LogP contribution in [0, 0.1) is 0 Å². The van der Waals surface area contributed by atoms with Gasteiger partial charge in [0, 0.05) is 55.5 Å². The Kier molecular flexibility index (Phi) is 6.53. The van der Waals surface area contributed by atoms with Gasteiger partial charge < -0.3 is 4.57 Å². The first-order valence-electron chi connectivity index (χ1n) is 18.8. The number of fused-ring (bicyclic) bond motifs is 5. The average Bonchev–Trinajstić information content (AvgIpc) is 3.79. The zero-order valence-electron chi connectivity index (χ0n) is 30.0. The van der Waals surface area contributed by atoms with Gasteiger partial charge >= 0.3 is 0 Å². The first-order valence-corrected chi connectivity index (χ1v) is 18.8. The third kappa shape index (κ3) is 4.56. The number of hydrogen-bond acceptors (Lipinski definition) is 4. The van der Waals surface area contributed by atoms with Crippen LogP contribution in [0.4, 0.5) is 0 Å². The molecule has 0 unspecified atom stereocenters. The monoisotopic (exact) mass is 714 g/mol. The van der Waals surface area contributed by atoms with E-state index in [9.17, 15) is 0 Å². The van der Waals surface area contributed by atoms with Crippen molar-refractivity contribution in [2.24, 2.45) is 0 Å². The molecular weight excluding hydrogens is 685 g/mol. The molecule has 6 heteroatoms.